The molecule has 10 nitrogen and oxygen atoms in total. The number of benzene rings is 2. The minimum absolute atomic E-state index is 0.152. The zero-order valence-electron chi connectivity index (χ0n) is 19.0. The van der Waals surface area contributed by atoms with E-state index in [1.54, 1.807) is 13.3 Å². The van der Waals surface area contributed by atoms with Crippen molar-refractivity contribution < 1.29 is 23.6 Å². The summed E-state index contributed by atoms with van der Waals surface area (Å²) in [6.07, 6.45) is 1.75. The number of aromatic amines is 2. The molecule has 35 heavy (non-hydrogen) atoms. The molecule has 6 N–H and O–H groups in total. The van der Waals surface area contributed by atoms with Gasteiger partial charge in [-0.25, -0.2) is 9.37 Å². The molecule has 180 valence electrons. The number of nitrogens with zero attached hydrogens (tertiary/aromatic N) is 2. The summed E-state index contributed by atoms with van der Waals surface area (Å²) in [7, 11) is 1.61. The number of methoxy groups -OCH3 is 1. The van der Waals surface area contributed by atoms with Crippen molar-refractivity contribution in [3.8, 4) is 5.75 Å². The van der Waals surface area contributed by atoms with Crippen LogP contribution in [0.3, 0.4) is 0 Å². The highest BCUT2D eigenvalue weighted by atomic mass is 19.1. The zero-order chi connectivity index (χ0) is 24.4. The summed E-state index contributed by atoms with van der Waals surface area (Å²) in [5.41, 5.74) is 8.26. The first-order valence-electron chi connectivity index (χ1n) is 11.1. The fraction of sp³-hybridized carbons (Fsp3) is 0.208. The Morgan fingerprint density at radius 2 is 2.00 bits per heavy atom. The lowest BCUT2D eigenvalue weighted by atomic mass is 10.1. The molecule has 0 aliphatic carbocycles. The van der Waals surface area contributed by atoms with Gasteiger partial charge in [0.25, 0.3) is 5.91 Å². The highest BCUT2D eigenvalue weighted by Gasteiger charge is 2.20. The molecule has 11 heteroatoms. The van der Waals surface area contributed by atoms with Gasteiger partial charge in [0.15, 0.2) is 5.75 Å². The Labute approximate surface area is 200 Å². The molecule has 0 unspecified atom stereocenters. The summed E-state index contributed by atoms with van der Waals surface area (Å²) in [6.45, 7) is 3.01. The number of rotatable bonds is 7. The Hall–Kier alpha value is -4.38. The van der Waals surface area contributed by atoms with E-state index in [1.165, 1.54) is 18.2 Å². The molecule has 1 aliphatic rings. The van der Waals surface area contributed by atoms with Crippen LogP contribution in [0.5, 0.6) is 5.75 Å². The van der Waals surface area contributed by atoms with Crippen LogP contribution in [-0.2, 0) is 4.74 Å². The fourth-order valence-corrected chi connectivity index (χ4v) is 4.03. The maximum absolute atomic E-state index is 13.9. The smallest absolute Gasteiger partial charge is 0.351 e. The Kier molecular flexibility index (Phi) is 6.06. The van der Waals surface area contributed by atoms with Crippen molar-refractivity contribution in [3.05, 3.63) is 60.0 Å². The van der Waals surface area contributed by atoms with Crippen molar-refractivity contribution in [2.75, 3.05) is 48.9 Å². The lowest BCUT2D eigenvalue weighted by Gasteiger charge is -2.29. The van der Waals surface area contributed by atoms with Gasteiger partial charge in [0.05, 0.1) is 37.0 Å². The van der Waals surface area contributed by atoms with Gasteiger partial charge < -0.3 is 25.4 Å². The molecule has 1 aliphatic heterocycles. The number of H-pyrrole nitrogens is 2. The van der Waals surface area contributed by atoms with E-state index in [1.807, 2.05) is 24.3 Å². The summed E-state index contributed by atoms with van der Waals surface area (Å²) in [5.74, 6) is 0.264. The summed E-state index contributed by atoms with van der Waals surface area (Å²) in [4.78, 5) is 25.0. The van der Waals surface area contributed by atoms with Gasteiger partial charge in [0.2, 0.25) is 11.5 Å². The van der Waals surface area contributed by atoms with Gasteiger partial charge >= 0.3 is 5.95 Å². The quantitative estimate of drug-likeness (QED) is 0.321. The largest absolute Gasteiger partial charge is 0.493 e. The van der Waals surface area contributed by atoms with E-state index in [0.717, 1.165) is 18.8 Å². The highest BCUT2D eigenvalue weighted by molar-refractivity contribution is 6.00. The molecule has 2 aromatic heterocycles. The van der Waals surface area contributed by atoms with Gasteiger partial charge in [0, 0.05) is 31.0 Å². The molecular weight excluding hydrogens is 453 g/mol. The first kappa shape index (κ1) is 22.4. The van der Waals surface area contributed by atoms with E-state index in [9.17, 15) is 9.18 Å². The molecule has 1 saturated heterocycles. The van der Waals surface area contributed by atoms with Crippen LogP contribution in [0.1, 0.15) is 10.4 Å². The minimum Gasteiger partial charge on any atom is -0.493 e. The van der Waals surface area contributed by atoms with Gasteiger partial charge in [-0.05, 0) is 36.4 Å². The fourth-order valence-electron chi connectivity index (χ4n) is 4.03. The third kappa shape index (κ3) is 4.66. The monoisotopic (exact) mass is 478 g/mol. The highest BCUT2D eigenvalue weighted by Crippen LogP contribution is 2.32. The lowest BCUT2D eigenvalue weighted by molar-refractivity contribution is -0.333. The maximum atomic E-state index is 13.9. The van der Waals surface area contributed by atoms with Crippen molar-refractivity contribution >= 4 is 45.8 Å². The number of hydrogen-bond acceptors (Lipinski definition) is 7. The molecule has 0 bridgehead atoms. The first-order chi connectivity index (χ1) is 17.0. The molecule has 0 saturated carbocycles. The Bertz CT molecular complexity index is 1390. The molecule has 2 aromatic carbocycles. The number of nitrogens with one attached hydrogen (secondary N) is 4. The van der Waals surface area contributed by atoms with Crippen LogP contribution in [0, 0.1) is 5.82 Å². The molecule has 0 atom stereocenters. The second-order valence-corrected chi connectivity index (χ2v) is 7.99. The van der Waals surface area contributed by atoms with E-state index in [-0.39, 0.29) is 11.3 Å². The molecule has 0 spiro atoms. The van der Waals surface area contributed by atoms with Crippen LogP contribution in [0.4, 0.5) is 33.2 Å². The average Bonchev–Trinajstić information content (AvgIpc) is 3.34. The maximum Gasteiger partial charge on any atom is 0.351 e. The Morgan fingerprint density at radius 3 is 2.77 bits per heavy atom. The van der Waals surface area contributed by atoms with Crippen molar-refractivity contribution in [2.45, 2.75) is 0 Å². The normalized spacial score (nSPS) is 13.6. The lowest BCUT2D eigenvalue weighted by Crippen LogP contribution is -2.36. The van der Waals surface area contributed by atoms with Crippen LogP contribution in [0.25, 0.3) is 11.0 Å². The van der Waals surface area contributed by atoms with Gasteiger partial charge in [-0.1, -0.05) is 4.98 Å². The van der Waals surface area contributed by atoms with Crippen molar-refractivity contribution in [3.63, 3.8) is 0 Å². The molecule has 5 rings (SSSR count). The number of hydrogen-bond donors (Lipinski definition) is 4. The molecule has 3 heterocycles. The number of anilines is 5. The third-order valence-corrected chi connectivity index (χ3v) is 5.78. The number of fused-ring (bicyclic) bond motifs is 1. The minimum atomic E-state index is -0.677. The van der Waals surface area contributed by atoms with Crippen molar-refractivity contribution in [2.24, 2.45) is 5.73 Å². The number of aromatic nitrogens is 3. The number of primary amides is 1. The van der Waals surface area contributed by atoms with Crippen molar-refractivity contribution in [1.82, 2.24) is 9.97 Å². The van der Waals surface area contributed by atoms with Crippen LogP contribution >= 0.6 is 0 Å². The molecule has 1 fully saturated rings. The van der Waals surface area contributed by atoms with Crippen LogP contribution < -0.4 is 31.0 Å². The summed E-state index contributed by atoms with van der Waals surface area (Å²) < 4.78 is 25.0. The van der Waals surface area contributed by atoms with E-state index >= 15 is 0 Å². The molecule has 1 amide bonds. The number of nitrogens with two attached hydrogens (primary N) is 1. The molecule has 4 aromatic rings. The topological polar surface area (TPSA) is 132 Å². The summed E-state index contributed by atoms with van der Waals surface area (Å²) >= 11 is 0. The predicted octanol–water partition coefficient (Wildman–Crippen LogP) is 2.95. The summed E-state index contributed by atoms with van der Waals surface area (Å²) in [5, 5.41) is 7.01. The van der Waals surface area contributed by atoms with E-state index < -0.39 is 11.7 Å². The summed E-state index contributed by atoms with van der Waals surface area (Å²) in [6, 6.07) is 11.4. The number of amides is 1. The third-order valence-electron chi connectivity index (χ3n) is 5.78. The Balaban J connectivity index is 1.48. The SMILES string of the molecule is COc1cc(N2CCOCC2)ccc1Nc1nc(Nc2cc(F)ccc2C(N)=O)c2cc[nH]c2[nH+]1. The second-order valence-electron chi connectivity index (χ2n) is 7.99. The number of ether oxygens (including phenoxy) is 2. The van der Waals surface area contributed by atoms with Crippen LogP contribution in [0.15, 0.2) is 48.7 Å². The number of carbonyl (C=O) groups excluding carboxylic acids is 1. The van der Waals surface area contributed by atoms with Crippen LogP contribution in [0.2, 0.25) is 0 Å². The number of morpholine rings is 1. The van der Waals surface area contributed by atoms with Gasteiger partial charge in [-0.3, -0.25) is 15.1 Å². The second kappa shape index (κ2) is 9.47. The van der Waals surface area contributed by atoms with Crippen molar-refractivity contribution in [1.29, 1.82) is 0 Å². The number of carbonyl (C=O) groups is 1. The van der Waals surface area contributed by atoms with E-state index in [0.29, 0.717) is 47.5 Å². The average molecular weight is 479 g/mol. The van der Waals surface area contributed by atoms with Gasteiger partial charge in [0.1, 0.15) is 11.5 Å². The van der Waals surface area contributed by atoms with Gasteiger partial charge in [-0.2, -0.15) is 0 Å². The number of halogens is 1. The Morgan fingerprint density at radius 1 is 1.17 bits per heavy atom. The van der Waals surface area contributed by atoms with Gasteiger partial charge in [-0.15, -0.1) is 0 Å². The standard InChI is InChI=1S/C24H24FN7O3/c1-34-20-13-15(32-8-10-35-11-9-32)3-5-18(20)29-24-30-22-17(6-7-27-22)23(31-24)28-19-12-14(25)2-4-16(19)21(26)33/h2-7,12-13H,8-11H2,1H3,(H2,26,33)(H3,27,28,29,30,31)/p+1. The molecular formula is C24H25FN7O3+. The molecule has 0 radical (unpaired) electrons. The van der Waals surface area contributed by atoms with E-state index in [2.05, 4.69) is 30.5 Å². The van der Waals surface area contributed by atoms with E-state index in [4.69, 9.17) is 15.2 Å². The van der Waals surface area contributed by atoms with Crippen LogP contribution in [-0.4, -0.2) is 49.3 Å². The first-order valence-corrected chi connectivity index (χ1v) is 11.1. The predicted molar refractivity (Wildman–Crippen MR) is 130 cm³/mol. The zero-order valence-corrected chi connectivity index (χ0v) is 19.0.